The quantitative estimate of drug-likeness (QED) is 0.426. The molecular weight excluding hydrogens is 342 g/mol. The fourth-order valence-electron chi connectivity index (χ4n) is 2.05. The second-order valence-electron chi connectivity index (χ2n) is 4.90. The van der Waals surface area contributed by atoms with Crippen LogP contribution in [0.15, 0.2) is 52.9 Å². The molecule has 0 aliphatic rings. The van der Waals surface area contributed by atoms with Crippen LogP contribution in [0.1, 0.15) is 6.92 Å². The molecular formula is C17H19N3O4S. The van der Waals surface area contributed by atoms with Crippen molar-refractivity contribution >= 4 is 23.4 Å². The van der Waals surface area contributed by atoms with Gasteiger partial charge < -0.3 is 15.2 Å². The zero-order chi connectivity index (χ0) is 18.2. The summed E-state index contributed by atoms with van der Waals surface area (Å²) in [7, 11) is 0. The summed E-state index contributed by atoms with van der Waals surface area (Å²) in [4.78, 5) is 28.0. The first-order chi connectivity index (χ1) is 12.0. The van der Waals surface area contributed by atoms with Crippen molar-refractivity contribution in [2.24, 2.45) is 0 Å². The van der Waals surface area contributed by atoms with Gasteiger partial charge in [-0.15, -0.1) is 6.58 Å². The molecule has 7 nitrogen and oxygen atoms in total. The number of benzene rings is 1. The summed E-state index contributed by atoms with van der Waals surface area (Å²) in [6.07, 6.45) is 1.54. The van der Waals surface area contributed by atoms with E-state index in [2.05, 4.69) is 16.9 Å². The van der Waals surface area contributed by atoms with E-state index in [1.54, 1.807) is 24.3 Å². The number of ether oxygens (including phenoxy) is 1. The molecule has 0 atom stereocenters. The Balaban J connectivity index is 2.08. The smallest absolute Gasteiger partial charge is 0.258 e. The average molecular weight is 361 g/mol. The van der Waals surface area contributed by atoms with Crippen molar-refractivity contribution in [3.63, 3.8) is 0 Å². The highest BCUT2D eigenvalue weighted by Gasteiger charge is 2.12. The lowest BCUT2D eigenvalue weighted by Crippen LogP contribution is -2.22. The first-order valence-corrected chi connectivity index (χ1v) is 8.60. The minimum Gasteiger partial charge on any atom is -0.493 e. The Labute approximate surface area is 149 Å². The van der Waals surface area contributed by atoms with Crippen LogP contribution < -0.4 is 15.6 Å². The molecule has 0 saturated carbocycles. The molecule has 0 unspecified atom stereocenters. The fourth-order valence-corrected chi connectivity index (χ4v) is 2.86. The molecule has 0 saturated heterocycles. The molecule has 2 aromatic rings. The number of allylic oxidation sites excluding steroid dienone is 1. The highest BCUT2D eigenvalue weighted by Crippen LogP contribution is 2.24. The number of aromatic hydroxyl groups is 1. The van der Waals surface area contributed by atoms with E-state index in [9.17, 15) is 14.7 Å². The number of nitrogens with zero attached hydrogens (tertiary/aromatic N) is 2. The van der Waals surface area contributed by atoms with Gasteiger partial charge in [-0.05, 0) is 19.1 Å². The number of aromatic nitrogens is 2. The number of anilines is 1. The van der Waals surface area contributed by atoms with Crippen molar-refractivity contribution in [3.8, 4) is 11.6 Å². The molecule has 1 aromatic heterocycles. The number of carbonyl (C=O) groups is 1. The Morgan fingerprint density at radius 2 is 2.24 bits per heavy atom. The Kier molecular flexibility index (Phi) is 6.64. The number of nitrogens with one attached hydrogen (secondary N) is 1. The van der Waals surface area contributed by atoms with Gasteiger partial charge in [0, 0.05) is 6.54 Å². The molecule has 1 amide bonds. The van der Waals surface area contributed by atoms with E-state index in [4.69, 9.17) is 4.74 Å². The summed E-state index contributed by atoms with van der Waals surface area (Å²) >= 11 is 1.05. The zero-order valence-electron chi connectivity index (χ0n) is 13.8. The first-order valence-electron chi connectivity index (χ1n) is 7.61. The van der Waals surface area contributed by atoms with Gasteiger partial charge in [-0.3, -0.25) is 14.2 Å². The molecule has 0 fully saturated rings. The third kappa shape index (κ3) is 5.12. The van der Waals surface area contributed by atoms with Crippen LogP contribution in [0.5, 0.6) is 11.6 Å². The summed E-state index contributed by atoms with van der Waals surface area (Å²) in [6.45, 7) is 6.18. The van der Waals surface area contributed by atoms with E-state index in [0.717, 1.165) is 17.8 Å². The maximum absolute atomic E-state index is 12.2. The average Bonchev–Trinajstić information content (AvgIpc) is 2.57. The zero-order valence-corrected chi connectivity index (χ0v) is 14.6. The summed E-state index contributed by atoms with van der Waals surface area (Å²) in [5, 5.41) is 12.5. The summed E-state index contributed by atoms with van der Waals surface area (Å²) in [6, 6.07) is 8.15. The number of thioether (sulfide) groups is 1. The van der Waals surface area contributed by atoms with Crippen LogP contribution in [0.3, 0.4) is 0 Å². The molecule has 0 aliphatic heterocycles. The molecule has 1 heterocycles. The third-order valence-electron chi connectivity index (χ3n) is 3.06. The van der Waals surface area contributed by atoms with E-state index in [1.165, 1.54) is 4.57 Å². The van der Waals surface area contributed by atoms with Crippen LogP contribution in [0, 0.1) is 0 Å². The number of para-hydroxylation sites is 2. The molecule has 0 spiro atoms. The van der Waals surface area contributed by atoms with Gasteiger partial charge in [0.25, 0.3) is 5.56 Å². The van der Waals surface area contributed by atoms with Crippen LogP contribution in [0.4, 0.5) is 5.69 Å². The monoisotopic (exact) mass is 361 g/mol. The van der Waals surface area contributed by atoms with Crippen LogP contribution >= 0.6 is 11.8 Å². The lowest BCUT2D eigenvalue weighted by Gasteiger charge is -2.12. The number of amides is 1. The third-order valence-corrected chi connectivity index (χ3v) is 4.04. The van der Waals surface area contributed by atoms with Gasteiger partial charge in [-0.2, -0.15) is 4.98 Å². The molecule has 2 rings (SSSR count). The van der Waals surface area contributed by atoms with Crippen LogP contribution in [0.2, 0.25) is 0 Å². The minimum absolute atomic E-state index is 0.0213. The molecule has 0 aliphatic carbocycles. The number of rotatable bonds is 8. The van der Waals surface area contributed by atoms with Gasteiger partial charge in [0.15, 0.2) is 5.16 Å². The van der Waals surface area contributed by atoms with Crippen LogP contribution in [0.25, 0.3) is 0 Å². The molecule has 2 N–H and O–H groups in total. The topological polar surface area (TPSA) is 93.5 Å². The lowest BCUT2D eigenvalue weighted by molar-refractivity contribution is -0.113. The summed E-state index contributed by atoms with van der Waals surface area (Å²) in [5.74, 6) is -0.0507. The molecule has 132 valence electrons. The van der Waals surface area contributed by atoms with E-state index >= 15 is 0 Å². The van der Waals surface area contributed by atoms with Gasteiger partial charge in [0.2, 0.25) is 11.8 Å². The first kappa shape index (κ1) is 18.6. The standard InChI is InChI=1S/C17H19N3O4S/c1-3-9-20-16(23)10-14(21)19-17(20)25-11-15(22)18-12-7-5-6-8-13(12)24-4-2/h3,5-8,10,21H,1,4,9,11H2,2H3,(H,18,22). The molecule has 25 heavy (non-hydrogen) atoms. The predicted molar refractivity (Wildman–Crippen MR) is 97.3 cm³/mol. The van der Waals surface area contributed by atoms with Crippen LogP contribution in [-0.2, 0) is 11.3 Å². The Hall–Kier alpha value is -2.74. The molecule has 0 bridgehead atoms. The second kappa shape index (κ2) is 8.93. The highest BCUT2D eigenvalue weighted by atomic mass is 32.2. The highest BCUT2D eigenvalue weighted by molar-refractivity contribution is 7.99. The SMILES string of the molecule is C=CCn1c(SCC(=O)Nc2ccccc2OCC)nc(O)cc1=O. The van der Waals surface area contributed by atoms with Crippen molar-refractivity contribution in [2.75, 3.05) is 17.7 Å². The van der Waals surface area contributed by atoms with Gasteiger partial charge in [0.1, 0.15) is 5.75 Å². The van der Waals surface area contributed by atoms with Gasteiger partial charge in [-0.25, -0.2) is 0 Å². The lowest BCUT2D eigenvalue weighted by atomic mass is 10.3. The van der Waals surface area contributed by atoms with Gasteiger partial charge in [-0.1, -0.05) is 30.0 Å². The van der Waals surface area contributed by atoms with Crippen molar-refractivity contribution in [1.82, 2.24) is 9.55 Å². The van der Waals surface area contributed by atoms with Gasteiger partial charge >= 0.3 is 0 Å². The molecule has 8 heteroatoms. The summed E-state index contributed by atoms with van der Waals surface area (Å²) in [5.41, 5.74) is 0.166. The van der Waals surface area contributed by atoms with Crippen molar-refractivity contribution < 1.29 is 14.6 Å². The van der Waals surface area contributed by atoms with Crippen molar-refractivity contribution in [3.05, 3.63) is 53.3 Å². The van der Waals surface area contributed by atoms with Crippen molar-refractivity contribution in [1.29, 1.82) is 0 Å². The fraction of sp³-hybridized carbons (Fsp3) is 0.235. The Morgan fingerprint density at radius 3 is 2.96 bits per heavy atom. The largest absolute Gasteiger partial charge is 0.493 e. The maximum atomic E-state index is 12.2. The number of hydrogen-bond acceptors (Lipinski definition) is 6. The Bertz CT molecular complexity index is 820. The van der Waals surface area contributed by atoms with E-state index in [-0.39, 0.29) is 29.2 Å². The normalized spacial score (nSPS) is 10.3. The van der Waals surface area contributed by atoms with E-state index < -0.39 is 5.56 Å². The second-order valence-corrected chi connectivity index (χ2v) is 5.84. The van der Waals surface area contributed by atoms with E-state index in [1.807, 2.05) is 13.0 Å². The number of carbonyl (C=O) groups excluding carboxylic acids is 1. The van der Waals surface area contributed by atoms with Crippen molar-refractivity contribution in [2.45, 2.75) is 18.6 Å². The predicted octanol–water partition coefficient (Wildman–Crippen LogP) is 2.26. The molecule has 0 radical (unpaired) electrons. The molecule has 1 aromatic carbocycles. The Morgan fingerprint density at radius 1 is 1.48 bits per heavy atom. The summed E-state index contributed by atoms with van der Waals surface area (Å²) < 4.78 is 6.79. The maximum Gasteiger partial charge on any atom is 0.258 e. The minimum atomic E-state index is -0.406. The van der Waals surface area contributed by atoms with E-state index in [0.29, 0.717) is 18.0 Å². The van der Waals surface area contributed by atoms with Crippen LogP contribution in [-0.4, -0.2) is 32.9 Å². The number of hydrogen-bond donors (Lipinski definition) is 2. The van der Waals surface area contributed by atoms with Gasteiger partial charge in [0.05, 0.1) is 24.1 Å².